The van der Waals surface area contributed by atoms with Crippen LogP contribution in [0.1, 0.15) is 43.7 Å². The van der Waals surface area contributed by atoms with Crippen molar-refractivity contribution in [1.29, 1.82) is 0 Å². The van der Waals surface area contributed by atoms with Gasteiger partial charge in [0.25, 0.3) is 0 Å². The van der Waals surface area contributed by atoms with Gasteiger partial charge in [0.1, 0.15) is 13.2 Å². The number of esters is 1. The maximum absolute atomic E-state index is 13.0. The van der Waals surface area contributed by atoms with E-state index in [0.29, 0.717) is 11.1 Å². The molecule has 0 saturated carbocycles. The summed E-state index contributed by atoms with van der Waals surface area (Å²) in [6.45, 7) is 4.26. The molecule has 28 heavy (non-hydrogen) atoms. The maximum atomic E-state index is 13.0. The highest BCUT2D eigenvalue weighted by molar-refractivity contribution is 5.85. The fourth-order valence-corrected chi connectivity index (χ4v) is 3.33. The Morgan fingerprint density at radius 1 is 0.893 bits per heavy atom. The molecular formula is C24H34NO3+. The fraction of sp³-hybridized carbons (Fsp3) is 0.458. The number of carbonyl (C=O) groups is 1. The SMILES string of the molecule is CCCCCC[N+](C)(C)CCOC(=O)C(O)(c1ccccc1)c1ccccc1. The summed E-state index contributed by atoms with van der Waals surface area (Å²) in [4.78, 5) is 13.0. The van der Waals surface area contributed by atoms with Gasteiger partial charge in [-0.1, -0.05) is 80.4 Å². The van der Waals surface area contributed by atoms with E-state index in [9.17, 15) is 9.90 Å². The first kappa shape index (κ1) is 22.1. The lowest BCUT2D eigenvalue weighted by Gasteiger charge is -2.31. The largest absolute Gasteiger partial charge is 0.457 e. The molecule has 2 aromatic rings. The minimum absolute atomic E-state index is 0.279. The average Bonchev–Trinajstić information content (AvgIpc) is 2.71. The topological polar surface area (TPSA) is 46.5 Å². The molecule has 0 atom stereocenters. The maximum Gasteiger partial charge on any atom is 0.347 e. The summed E-state index contributed by atoms with van der Waals surface area (Å²) in [6.07, 6.45) is 4.89. The van der Waals surface area contributed by atoms with Crippen LogP contribution in [-0.2, 0) is 15.1 Å². The van der Waals surface area contributed by atoms with Crippen LogP contribution in [0.4, 0.5) is 0 Å². The molecule has 2 rings (SSSR count). The number of benzene rings is 2. The van der Waals surface area contributed by atoms with E-state index in [1.54, 1.807) is 24.3 Å². The average molecular weight is 385 g/mol. The van der Waals surface area contributed by atoms with Crippen LogP contribution in [0.5, 0.6) is 0 Å². The number of nitrogens with zero attached hydrogens (tertiary/aromatic N) is 1. The molecule has 0 fully saturated rings. The number of hydrogen-bond acceptors (Lipinski definition) is 3. The minimum Gasteiger partial charge on any atom is -0.457 e. The van der Waals surface area contributed by atoms with Gasteiger partial charge in [-0.25, -0.2) is 4.79 Å². The molecular weight excluding hydrogens is 350 g/mol. The normalized spacial score (nSPS) is 12.0. The first-order valence-corrected chi connectivity index (χ1v) is 10.2. The van der Waals surface area contributed by atoms with Crippen molar-refractivity contribution >= 4 is 5.97 Å². The Kier molecular flexibility index (Phi) is 8.21. The van der Waals surface area contributed by atoms with Crippen LogP contribution >= 0.6 is 0 Å². The van der Waals surface area contributed by atoms with Crippen LogP contribution in [0.15, 0.2) is 60.7 Å². The first-order chi connectivity index (χ1) is 13.4. The van der Waals surface area contributed by atoms with E-state index in [-0.39, 0.29) is 6.61 Å². The third-order valence-corrected chi connectivity index (χ3v) is 5.23. The van der Waals surface area contributed by atoms with Crippen molar-refractivity contribution in [1.82, 2.24) is 0 Å². The molecule has 0 amide bonds. The Morgan fingerprint density at radius 2 is 1.43 bits per heavy atom. The van der Waals surface area contributed by atoms with Gasteiger partial charge in [-0.05, 0) is 24.0 Å². The van der Waals surface area contributed by atoms with E-state index in [0.717, 1.165) is 17.6 Å². The lowest BCUT2D eigenvalue weighted by Crippen LogP contribution is -2.45. The molecule has 0 unspecified atom stereocenters. The summed E-state index contributed by atoms with van der Waals surface area (Å²) < 4.78 is 6.37. The predicted molar refractivity (Wildman–Crippen MR) is 113 cm³/mol. The zero-order chi connectivity index (χ0) is 20.5. The number of hydrogen-bond donors (Lipinski definition) is 1. The third-order valence-electron chi connectivity index (χ3n) is 5.23. The smallest absolute Gasteiger partial charge is 0.347 e. The summed E-state index contributed by atoms with van der Waals surface area (Å²) >= 11 is 0. The summed E-state index contributed by atoms with van der Waals surface area (Å²) in [5, 5.41) is 11.4. The molecule has 0 aliphatic rings. The fourth-order valence-electron chi connectivity index (χ4n) is 3.33. The number of quaternary nitrogens is 1. The van der Waals surface area contributed by atoms with E-state index in [1.165, 1.54) is 25.7 Å². The van der Waals surface area contributed by atoms with Gasteiger partial charge >= 0.3 is 5.97 Å². The second-order valence-electron chi connectivity index (χ2n) is 8.02. The second kappa shape index (κ2) is 10.4. The Bertz CT molecular complexity index is 674. The van der Waals surface area contributed by atoms with Crippen molar-refractivity contribution in [2.75, 3.05) is 33.8 Å². The molecule has 4 heteroatoms. The van der Waals surface area contributed by atoms with Crippen LogP contribution in [0, 0.1) is 0 Å². The van der Waals surface area contributed by atoms with Gasteiger partial charge in [-0.3, -0.25) is 0 Å². The van der Waals surface area contributed by atoms with E-state index < -0.39 is 11.6 Å². The number of aliphatic hydroxyl groups is 1. The highest BCUT2D eigenvalue weighted by Gasteiger charge is 2.41. The van der Waals surface area contributed by atoms with Gasteiger partial charge in [0.15, 0.2) is 0 Å². The van der Waals surface area contributed by atoms with Crippen molar-refractivity contribution < 1.29 is 19.1 Å². The van der Waals surface area contributed by atoms with Crippen molar-refractivity contribution in [3.63, 3.8) is 0 Å². The molecule has 2 aromatic carbocycles. The second-order valence-corrected chi connectivity index (χ2v) is 8.02. The summed E-state index contributed by atoms with van der Waals surface area (Å²) in [6, 6.07) is 18.0. The summed E-state index contributed by atoms with van der Waals surface area (Å²) in [5.74, 6) is -0.629. The molecule has 0 heterocycles. The number of likely N-dealkylation sites (N-methyl/N-ethyl adjacent to an activating group) is 1. The number of unbranched alkanes of at least 4 members (excludes halogenated alkanes) is 3. The van der Waals surface area contributed by atoms with Crippen LogP contribution < -0.4 is 0 Å². The summed E-state index contributed by atoms with van der Waals surface area (Å²) in [5.41, 5.74) is -0.778. The summed E-state index contributed by atoms with van der Waals surface area (Å²) in [7, 11) is 4.31. The number of carbonyl (C=O) groups excluding carboxylic acids is 1. The van der Waals surface area contributed by atoms with Crippen LogP contribution in [-0.4, -0.2) is 49.4 Å². The van der Waals surface area contributed by atoms with Crippen LogP contribution in [0.25, 0.3) is 0 Å². The third kappa shape index (κ3) is 5.91. The van der Waals surface area contributed by atoms with Crippen molar-refractivity contribution in [2.24, 2.45) is 0 Å². The van der Waals surface area contributed by atoms with Gasteiger partial charge in [-0.2, -0.15) is 0 Å². The van der Waals surface area contributed by atoms with E-state index in [1.807, 2.05) is 36.4 Å². The molecule has 0 aliphatic carbocycles. The Balaban J connectivity index is 2.04. The van der Waals surface area contributed by atoms with Crippen molar-refractivity contribution in [2.45, 2.75) is 38.2 Å². The molecule has 0 spiro atoms. The highest BCUT2D eigenvalue weighted by Crippen LogP contribution is 2.31. The van der Waals surface area contributed by atoms with Crippen molar-refractivity contribution in [3.05, 3.63) is 71.8 Å². The molecule has 0 saturated heterocycles. The van der Waals surface area contributed by atoms with E-state index in [2.05, 4.69) is 21.0 Å². The molecule has 0 bridgehead atoms. The van der Waals surface area contributed by atoms with Gasteiger partial charge in [-0.15, -0.1) is 0 Å². The van der Waals surface area contributed by atoms with Crippen LogP contribution in [0.2, 0.25) is 0 Å². The molecule has 4 nitrogen and oxygen atoms in total. The van der Waals surface area contributed by atoms with Gasteiger partial charge in [0.2, 0.25) is 5.60 Å². The molecule has 0 aromatic heterocycles. The Hall–Kier alpha value is -2.17. The highest BCUT2D eigenvalue weighted by atomic mass is 16.5. The van der Waals surface area contributed by atoms with E-state index >= 15 is 0 Å². The minimum atomic E-state index is -1.80. The monoisotopic (exact) mass is 384 g/mol. The van der Waals surface area contributed by atoms with Crippen LogP contribution in [0.3, 0.4) is 0 Å². The number of ether oxygens (including phenoxy) is 1. The van der Waals surface area contributed by atoms with Gasteiger partial charge in [0.05, 0.1) is 20.6 Å². The van der Waals surface area contributed by atoms with E-state index in [4.69, 9.17) is 4.74 Å². The quantitative estimate of drug-likeness (QED) is 0.360. The van der Waals surface area contributed by atoms with Gasteiger partial charge < -0.3 is 14.3 Å². The number of rotatable bonds is 11. The zero-order valence-electron chi connectivity index (χ0n) is 17.4. The Labute approximate surface area is 169 Å². The molecule has 0 aliphatic heterocycles. The standard InChI is InChI=1S/C24H34NO3/c1-4-5-6-13-18-25(2,3)19-20-28-23(26)24(27,21-14-9-7-10-15-21)22-16-11-8-12-17-22/h7-12,14-17,27H,4-6,13,18-20H2,1-3H3/q+1. The molecule has 1 N–H and O–H groups in total. The molecule has 0 radical (unpaired) electrons. The molecule has 152 valence electrons. The van der Waals surface area contributed by atoms with Crippen molar-refractivity contribution in [3.8, 4) is 0 Å². The lowest BCUT2D eigenvalue weighted by atomic mass is 9.86. The lowest BCUT2D eigenvalue weighted by molar-refractivity contribution is -0.890. The Morgan fingerprint density at radius 3 is 1.93 bits per heavy atom. The zero-order valence-corrected chi connectivity index (χ0v) is 17.4. The van der Waals surface area contributed by atoms with Gasteiger partial charge in [0, 0.05) is 0 Å². The first-order valence-electron chi connectivity index (χ1n) is 10.2. The predicted octanol–water partition coefficient (Wildman–Crippen LogP) is 4.12.